The molecule has 1 aromatic heterocycles. The Balaban J connectivity index is 1.65. The van der Waals surface area contributed by atoms with E-state index in [1.54, 1.807) is 42.8 Å². The van der Waals surface area contributed by atoms with Crippen molar-refractivity contribution in [1.82, 2.24) is 15.1 Å². The van der Waals surface area contributed by atoms with E-state index in [1.807, 2.05) is 24.3 Å². The molecule has 0 fully saturated rings. The molecule has 144 valence electrons. The summed E-state index contributed by atoms with van der Waals surface area (Å²) < 4.78 is 1.60. The van der Waals surface area contributed by atoms with Gasteiger partial charge in [-0.05, 0) is 49.2 Å². The van der Waals surface area contributed by atoms with Gasteiger partial charge in [0.25, 0.3) is 5.91 Å². The van der Waals surface area contributed by atoms with Crippen molar-refractivity contribution in [3.63, 3.8) is 0 Å². The first-order valence-corrected chi connectivity index (χ1v) is 9.03. The number of amides is 1. The summed E-state index contributed by atoms with van der Waals surface area (Å²) in [6, 6.07) is 14.4. The van der Waals surface area contributed by atoms with Crippen LogP contribution in [-0.2, 0) is 13.1 Å². The summed E-state index contributed by atoms with van der Waals surface area (Å²) in [5, 5.41) is 18.9. The average Bonchev–Trinajstić information content (AvgIpc) is 2.95. The minimum Gasteiger partial charge on any atom is -0.348 e. The molecule has 0 aliphatic carbocycles. The Hall–Kier alpha value is -3.19. The van der Waals surface area contributed by atoms with Gasteiger partial charge in [-0.25, -0.2) is 0 Å². The molecule has 7 nitrogen and oxygen atoms in total. The van der Waals surface area contributed by atoms with Crippen LogP contribution in [0.4, 0.5) is 5.69 Å². The molecule has 28 heavy (non-hydrogen) atoms. The summed E-state index contributed by atoms with van der Waals surface area (Å²) in [6.07, 6.45) is 0. The van der Waals surface area contributed by atoms with Gasteiger partial charge in [0.1, 0.15) is 11.4 Å². The largest absolute Gasteiger partial charge is 0.348 e. The van der Waals surface area contributed by atoms with Crippen LogP contribution in [0.1, 0.15) is 32.9 Å². The smallest absolute Gasteiger partial charge is 0.312 e. The van der Waals surface area contributed by atoms with Gasteiger partial charge in [-0.15, -0.1) is 0 Å². The van der Waals surface area contributed by atoms with Crippen molar-refractivity contribution in [2.24, 2.45) is 0 Å². The molecule has 0 unspecified atom stereocenters. The summed E-state index contributed by atoms with van der Waals surface area (Å²) in [5.74, 6) is -0.178. The molecule has 0 radical (unpaired) electrons. The molecule has 2 aromatic carbocycles. The molecule has 0 aliphatic heterocycles. The topological polar surface area (TPSA) is 90.1 Å². The van der Waals surface area contributed by atoms with Crippen LogP contribution in [0.3, 0.4) is 0 Å². The van der Waals surface area contributed by atoms with Crippen molar-refractivity contribution in [3.05, 3.63) is 91.7 Å². The zero-order valence-corrected chi connectivity index (χ0v) is 16.2. The van der Waals surface area contributed by atoms with E-state index in [0.29, 0.717) is 35.1 Å². The molecule has 1 N–H and O–H groups in total. The number of hydrogen-bond donors (Lipinski definition) is 1. The summed E-state index contributed by atoms with van der Waals surface area (Å²) in [4.78, 5) is 23.0. The number of rotatable bonds is 6. The van der Waals surface area contributed by atoms with Crippen LogP contribution in [0.2, 0.25) is 5.02 Å². The second-order valence-corrected chi connectivity index (χ2v) is 6.88. The van der Waals surface area contributed by atoms with E-state index in [2.05, 4.69) is 10.4 Å². The van der Waals surface area contributed by atoms with Crippen LogP contribution in [0.5, 0.6) is 0 Å². The second-order valence-electron chi connectivity index (χ2n) is 6.44. The molecule has 8 heteroatoms. The number of aromatic nitrogens is 2. The quantitative estimate of drug-likeness (QED) is 0.501. The van der Waals surface area contributed by atoms with Gasteiger partial charge in [0.15, 0.2) is 0 Å². The minimum atomic E-state index is -0.414. The fraction of sp³-hybridized carbons (Fsp3) is 0.200. The average molecular weight is 399 g/mol. The van der Waals surface area contributed by atoms with E-state index in [1.165, 1.54) is 0 Å². The number of hydrogen-bond acceptors (Lipinski definition) is 4. The Morgan fingerprint density at radius 3 is 2.29 bits per heavy atom. The van der Waals surface area contributed by atoms with Crippen LogP contribution in [0.25, 0.3) is 0 Å². The fourth-order valence-electron chi connectivity index (χ4n) is 2.93. The molecular formula is C20H19ClN4O3. The van der Waals surface area contributed by atoms with Crippen molar-refractivity contribution in [1.29, 1.82) is 0 Å². The molecule has 0 aliphatic rings. The monoisotopic (exact) mass is 398 g/mol. The highest BCUT2D eigenvalue weighted by Crippen LogP contribution is 2.22. The zero-order chi connectivity index (χ0) is 20.3. The summed E-state index contributed by atoms with van der Waals surface area (Å²) >= 11 is 5.85. The van der Waals surface area contributed by atoms with Gasteiger partial charge >= 0.3 is 5.69 Å². The third kappa shape index (κ3) is 4.37. The van der Waals surface area contributed by atoms with E-state index >= 15 is 0 Å². The van der Waals surface area contributed by atoms with E-state index in [4.69, 9.17) is 11.6 Å². The molecule has 0 saturated heterocycles. The molecule has 3 aromatic rings. The first-order chi connectivity index (χ1) is 13.3. The predicted molar refractivity (Wildman–Crippen MR) is 107 cm³/mol. The van der Waals surface area contributed by atoms with Crippen molar-refractivity contribution < 1.29 is 9.72 Å². The van der Waals surface area contributed by atoms with Crippen molar-refractivity contribution >= 4 is 23.2 Å². The third-order valence-electron chi connectivity index (χ3n) is 4.44. The van der Waals surface area contributed by atoms with Crippen molar-refractivity contribution in [2.45, 2.75) is 26.9 Å². The maximum absolute atomic E-state index is 12.3. The van der Waals surface area contributed by atoms with Crippen molar-refractivity contribution in [2.75, 3.05) is 0 Å². The van der Waals surface area contributed by atoms with Gasteiger partial charge in [-0.2, -0.15) is 5.10 Å². The maximum atomic E-state index is 12.3. The Labute approximate surface area is 167 Å². The standard InChI is InChI=1S/C20H19ClN4O3/c1-13-19(25(27)28)14(2)24(23-13)12-16-3-7-17(8-4-16)20(26)22-11-15-5-9-18(21)10-6-15/h3-10H,11-12H2,1-2H3,(H,22,26). The number of carbonyl (C=O) groups excluding carboxylic acids is 1. The van der Waals surface area contributed by atoms with Crippen LogP contribution < -0.4 is 5.32 Å². The highest BCUT2D eigenvalue weighted by atomic mass is 35.5. The molecule has 0 bridgehead atoms. The van der Waals surface area contributed by atoms with Gasteiger partial charge in [-0.3, -0.25) is 19.6 Å². The molecular weight excluding hydrogens is 380 g/mol. The fourth-order valence-corrected chi connectivity index (χ4v) is 3.05. The molecule has 1 heterocycles. The van der Waals surface area contributed by atoms with Gasteiger partial charge < -0.3 is 5.32 Å². The van der Waals surface area contributed by atoms with E-state index < -0.39 is 4.92 Å². The van der Waals surface area contributed by atoms with Gasteiger partial charge in [-0.1, -0.05) is 35.9 Å². The van der Waals surface area contributed by atoms with Gasteiger partial charge in [0, 0.05) is 17.1 Å². The lowest BCUT2D eigenvalue weighted by molar-refractivity contribution is -0.386. The number of nitro groups is 1. The van der Waals surface area contributed by atoms with E-state index in [-0.39, 0.29) is 11.6 Å². The second kappa shape index (κ2) is 8.22. The van der Waals surface area contributed by atoms with Gasteiger partial charge in [0.2, 0.25) is 0 Å². The lowest BCUT2D eigenvalue weighted by Crippen LogP contribution is -2.22. The SMILES string of the molecule is Cc1nn(Cc2ccc(C(=O)NCc3ccc(Cl)cc3)cc2)c(C)c1[N+](=O)[O-]. The van der Waals surface area contributed by atoms with E-state index in [0.717, 1.165) is 11.1 Å². The number of halogens is 1. The normalized spacial score (nSPS) is 10.7. The highest BCUT2D eigenvalue weighted by molar-refractivity contribution is 6.30. The molecule has 0 atom stereocenters. The predicted octanol–water partition coefficient (Wildman–Crippen LogP) is 4.04. The molecule has 3 rings (SSSR count). The van der Waals surface area contributed by atoms with Gasteiger partial charge in [0.05, 0.1) is 11.5 Å². The third-order valence-corrected chi connectivity index (χ3v) is 4.69. The number of carbonyl (C=O) groups is 1. The number of aryl methyl sites for hydroxylation is 1. The Kier molecular flexibility index (Phi) is 5.75. The first-order valence-electron chi connectivity index (χ1n) is 8.65. The van der Waals surface area contributed by atoms with Crippen LogP contribution >= 0.6 is 11.6 Å². The molecule has 0 saturated carbocycles. The van der Waals surface area contributed by atoms with Crippen LogP contribution in [0, 0.1) is 24.0 Å². The highest BCUT2D eigenvalue weighted by Gasteiger charge is 2.21. The number of benzene rings is 2. The first kappa shape index (κ1) is 19.6. The lowest BCUT2D eigenvalue weighted by Gasteiger charge is -2.08. The van der Waals surface area contributed by atoms with E-state index in [9.17, 15) is 14.9 Å². The Bertz CT molecular complexity index is 1010. The minimum absolute atomic E-state index is 0.0400. The summed E-state index contributed by atoms with van der Waals surface area (Å²) in [7, 11) is 0. The molecule has 0 spiro atoms. The summed E-state index contributed by atoms with van der Waals surface area (Å²) in [6.45, 7) is 4.10. The van der Waals surface area contributed by atoms with Crippen LogP contribution in [-0.4, -0.2) is 20.6 Å². The van der Waals surface area contributed by atoms with Crippen LogP contribution in [0.15, 0.2) is 48.5 Å². The lowest BCUT2D eigenvalue weighted by atomic mass is 10.1. The molecule has 1 amide bonds. The summed E-state index contributed by atoms with van der Waals surface area (Å²) in [5.41, 5.74) is 3.33. The Morgan fingerprint density at radius 1 is 1.11 bits per heavy atom. The maximum Gasteiger partial charge on any atom is 0.312 e. The number of nitrogens with one attached hydrogen (secondary N) is 1. The number of nitrogens with zero attached hydrogens (tertiary/aromatic N) is 3. The van der Waals surface area contributed by atoms with Crippen molar-refractivity contribution in [3.8, 4) is 0 Å². The Morgan fingerprint density at radius 2 is 1.71 bits per heavy atom. The zero-order valence-electron chi connectivity index (χ0n) is 15.5.